The summed E-state index contributed by atoms with van der Waals surface area (Å²) in [5.41, 5.74) is 1.98. The fraction of sp³-hybridized carbons (Fsp3) is 0.136. The molecule has 1 aliphatic carbocycles. The Morgan fingerprint density at radius 3 is 2.39 bits per heavy atom. The van der Waals surface area contributed by atoms with Crippen LogP contribution in [-0.2, 0) is 10.0 Å². The molecule has 7 nitrogen and oxygen atoms in total. The zero-order valence-corrected chi connectivity index (χ0v) is 17.8. The quantitative estimate of drug-likeness (QED) is 0.378. The third kappa shape index (κ3) is 4.96. The summed E-state index contributed by atoms with van der Waals surface area (Å²) in [5, 5.41) is 15.0. The molecule has 2 heterocycles. The highest BCUT2D eigenvalue weighted by atomic mass is 32.2. The van der Waals surface area contributed by atoms with Crippen molar-refractivity contribution in [3.63, 3.8) is 0 Å². The van der Waals surface area contributed by atoms with Crippen molar-refractivity contribution < 1.29 is 27.8 Å². The number of hydrogen-bond donors (Lipinski definition) is 3. The molecule has 4 aromatic rings. The molecule has 3 N–H and O–H groups in total. The second-order valence-corrected chi connectivity index (χ2v) is 10.1. The topological polar surface area (TPSA) is 117 Å². The molecule has 2 aromatic carbocycles. The number of sulfonamides is 1. The molecule has 2 atom stereocenters. The van der Waals surface area contributed by atoms with E-state index in [4.69, 9.17) is 19.4 Å². The summed E-state index contributed by atoms with van der Waals surface area (Å²) in [4.78, 5) is 9.36. The summed E-state index contributed by atoms with van der Waals surface area (Å²) >= 11 is 1.23. The summed E-state index contributed by atoms with van der Waals surface area (Å²) in [5.74, 6) is 0.951. The third-order valence-corrected chi connectivity index (χ3v) is 7.92. The molecule has 1 fully saturated rings. The van der Waals surface area contributed by atoms with Crippen molar-refractivity contribution in [1.82, 2.24) is 4.72 Å². The Morgan fingerprint density at radius 1 is 1.00 bits per heavy atom. The van der Waals surface area contributed by atoms with Gasteiger partial charge in [0.1, 0.15) is 15.6 Å². The normalized spacial score (nSPS) is 17.7. The molecule has 31 heavy (non-hydrogen) atoms. The number of nitrogens with one attached hydrogen (secondary N) is 1. The van der Waals surface area contributed by atoms with E-state index in [2.05, 4.69) is 4.72 Å². The Hall–Kier alpha value is -3.14. The summed E-state index contributed by atoms with van der Waals surface area (Å²) in [7, 11) is -3.53. The fourth-order valence-electron chi connectivity index (χ4n) is 3.35. The number of hydrogen-bond acceptors (Lipinski definition) is 5. The van der Waals surface area contributed by atoms with Crippen LogP contribution in [0.15, 0.2) is 81.4 Å². The van der Waals surface area contributed by atoms with E-state index < -0.39 is 16.2 Å². The zero-order chi connectivity index (χ0) is 22.0. The Labute approximate surface area is 182 Å². The molecule has 160 valence electrons. The highest BCUT2D eigenvalue weighted by Gasteiger charge is 2.41. The molecule has 0 bridgehead atoms. The molecule has 2 aromatic heterocycles. The van der Waals surface area contributed by atoms with Crippen LogP contribution in [0.4, 0.5) is 4.79 Å². The lowest BCUT2D eigenvalue weighted by Crippen LogP contribution is -2.26. The lowest BCUT2D eigenvalue weighted by molar-refractivity contribution is 0.137. The van der Waals surface area contributed by atoms with Gasteiger partial charge >= 0.3 is 6.16 Å². The van der Waals surface area contributed by atoms with Crippen LogP contribution in [0.2, 0.25) is 0 Å². The molecule has 1 saturated carbocycles. The highest BCUT2D eigenvalue weighted by molar-refractivity contribution is 7.91. The predicted molar refractivity (Wildman–Crippen MR) is 118 cm³/mol. The van der Waals surface area contributed by atoms with Crippen molar-refractivity contribution in [1.29, 1.82) is 0 Å². The van der Waals surface area contributed by atoms with Gasteiger partial charge in [0.05, 0.1) is 4.88 Å². The van der Waals surface area contributed by atoms with Gasteiger partial charge in [0.25, 0.3) is 0 Å². The molecule has 0 radical (unpaired) electrons. The molecule has 1 aliphatic rings. The predicted octanol–water partition coefficient (Wildman–Crippen LogP) is 5.22. The lowest BCUT2D eigenvalue weighted by atomic mass is 10.1. The minimum absolute atomic E-state index is 0.0332. The van der Waals surface area contributed by atoms with Crippen molar-refractivity contribution in [2.24, 2.45) is 0 Å². The van der Waals surface area contributed by atoms with Gasteiger partial charge < -0.3 is 14.6 Å². The number of thiophene rings is 1. The number of furan rings is 1. The molecule has 0 unspecified atom stereocenters. The number of benzene rings is 2. The van der Waals surface area contributed by atoms with E-state index in [1.165, 1.54) is 16.9 Å². The van der Waals surface area contributed by atoms with Crippen LogP contribution < -0.4 is 4.72 Å². The molecule has 5 rings (SSSR count). The van der Waals surface area contributed by atoms with E-state index >= 15 is 0 Å². The third-order valence-electron chi connectivity index (χ3n) is 4.84. The van der Waals surface area contributed by atoms with E-state index in [1.54, 1.807) is 12.1 Å². The van der Waals surface area contributed by atoms with Crippen molar-refractivity contribution >= 4 is 38.5 Å². The average Bonchev–Trinajstić information content (AvgIpc) is 3.15. The maximum absolute atomic E-state index is 12.7. The highest BCUT2D eigenvalue weighted by Crippen LogP contribution is 2.42. The Balaban J connectivity index is 0.000000535. The van der Waals surface area contributed by atoms with E-state index in [1.807, 2.05) is 60.7 Å². The number of carboxylic acid groups (broad SMARTS) is 2. The van der Waals surface area contributed by atoms with Gasteiger partial charge in [-0.05, 0) is 36.2 Å². The minimum Gasteiger partial charge on any atom is -0.455 e. The fourth-order valence-corrected chi connectivity index (χ4v) is 5.92. The van der Waals surface area contributed by atoms with E-state index in [0.717, 1.165) is 22.3 Å². The first-order valence-corrected chi connectivity index (χ1v) is 11.7. The average molecular weight is 458 g/mol. The van der Waals surface area contributed by atoms with Crippen LogP contribution in [0.5, 0.6) is 0 Å². The van der Waals surface area contributed by atoms with Crippen LogP contribution in [0.1, 0.15) is 17.9 Å². The Kier molecular flexibility index (Phi) is 5.81. The minimum atomic E-state index is -3.53. The van der Waals surface area contributed by atoms with Gasteiger partial charge in [-0.15, -0.1) is 11.3 Å². The molecule has 0 saturated heterocycles. The van der Waals surface area contributed by atoms with Crippen molar-refractivity contribution in [3.05, 3.63) is 78.4 Å². The first kappa shape index (κ1) is 21.1. The summed E-state index contributed by atoms with van der Waals surface area (Å²) < 4.78 is 34.5. The van der Waals surface area contributed by atoms with Crippen molar-refractivity contribution in [2.75, 3.05) is 0 Å². The Bertz CT molecular complexity index is 1270. The van der Waals surface area contributed by atoms with Gasteiger partial charge in [0, 0.05) is 17.3 Å². The van der Waals surface area contributed by atoms with E-state index in [9.17, 15) is 8.42 Å². The largest absolute Gasteiger partial charge is 0.503 e. The Morgan fingerprint density at radius 2 is 1.68 bits per heavy atom. The van der Waals surface area contributed by atoms with Crippen LogP contribution >= 0.6 is 11.3 Å². The van der Waals surface area contributed by atoms with Gasteiger partial charge in [0.15, 0.2) is 0 Å². The molecule has 9 heteroatoms. The van der Waals surface area contributed by atoms with Gasteiger partial charge in [-0.2, -0.15) is 0 Å². The summed E-state index contributed by atoms with van der Waals surface area (Å²) in [6, 6.07) is 23.1. The van der Waals surface area contributed by atoms with Gasteiger partial charge in [-0.3, -0.25) is 0 Å². The van der Waals surface area contributed by atoms with Gasteiger partial charge in [-0.25, -0.2) is 17.9 Å². The van der Waals surface area contributed by atoms with E-state index in [0.29, 0.717) is 9.97 Å². The summed E-state index contributed by atoms with van der Waals surface area (Å²) in [6.07, 6.45) is -0.995. The molecule has 0 aliphatic heterocycles. The molecular formula is C22H19NO6S2. The first-order valence-electron chi connectivity index (χ1n) is 9.41. The number of para-hydroxylation sites is 1. The molecule has 0 amide bonds. The SMILES string of the molecule is O=C(O)O.O=S(=O)(N[C@H]1C[C@@H]1c1ccccc1)c1ccc(-c2cc3ccccc3o2)s1. The lowest BCUT2D eigenvalue weighted by Gasteiger charge is -2.04. The van der Waals surface area contributed by atoms with Crippen LogP contribution in [0.25, 0.3) is 21.6 Å². The number of rotatable bonds is 5. The monoisotopic (exact) mass is 457 g/mol. The zero-order valence-electron chi connectivity index (χ0n) is 16.1. The van der Waals surface area contributed by atoms with Crippen LogP contribution in [0, 0.1) is 0 Å². The smallest absolute Gasteiger partial charge is 0.455 e. The number of fused-ring (bicyclic) bond motifs is 1. The molecule has 0 spiro atoms. The van der Waals surface area contributed by atoms with Gasteiger partial charge in [-0.1, -0.05) is 48.5 Å². The van der Waals surface area contributed by atoms with E-state index in [-0.39, 0.29) is 12.0 Å². The second-order valence-electron chi connectivity index (χ2n) is 7.03. The summed E-state index contributed by atoms with van der Waals surface area (Å²) in [6.45, 7) is 0. The second kappa shape index (κ2) is 8.54. The van der Waals surface area contributed by atoms with Crippen LogP contribution in [0.3, 0.4) is 0 Å². The van der Waals surface area contributed by atoms with Crippen LogP contribution in [-0.4, -0.2) is 30.8 Å². The van der Waals surface area contributed by atoms with Crippen molar-refractivity contribution in [2.45, 2.75) is 22.6 Å². The standard InChI is InChI=1S/C21H17NO3S2.CH2O3/c23-27(24,22-17-13-16(17)14-6-2-1-3-7-14)21-11-10-20(26-21)19-12-15-8-4-5-9-18(15)25-19;2-1(3)4/h1-12,16-17,22H,13H2;(H2,2,3,4)/t16-,17+;/m1./s1. The number of carbonyl (C=O) groups is 1. The van der Waals surface area contributed by atoms with Crippen molar-refractivity contribution in [3.8, 4) is 10.6 Å². The maximum atomic E-state index is 12.7. The van der Waals surface area contributed by atoms with Gasteiger partial charge in [0.2, 0.25) is 10.0 Å². The first-order chi connectivity index (χ1) is 14.8. The maximum Gasteiger partial charge on any atom is 0.503 e. The molecular weight excluding hydrogens is 438 g/mol.